The molecular weight excluding hydrogens is 499 g/mol. The van der Waals surface area contributed by atoms with Crippen LogP contribution in [-0.2, 0) is 10.1 Å². The van der Waals surface area contributed by atoms with Crippen molar-refractivity contribution in [2.24, 2.45) is 0 Å². The van der Waals surface area contributed by atoms with Crippen molar-refractivity contribution in [2.75, 3.05) is 20.3 Å². The maximum atomic E-state index is 13.0. The summed E-state index contributed by atoms with van der Waals surface area (Å²) >= 11 is 0. The van der Waals surface area contributed by atoms with E-state index in [1.807, 2.05) is 0 Å². The molecule has 194 valence electrons. The van der Waals surface area contributed by atoms with Crippen molar-refractivity contribution in [2.45, 2.75) is 37.2 Å². The first-order valence-electron chi connectivity index (χ1n) is 11.4. The molecule has 0 amide bonds. The Morgan fingerprint density at radius 1 is 0.972 bits per heavy atom. The molecule has 1 unspecified atom stereocenters. The first-order valence-corrected chi connectivity index (χ1v) is 12.8. The number of ether oxygens (including phenoxy) is 3. The maximum Gasteiger partial charge on any atom is 0.534 e. The molecule has 1 N–H and O–H groups in total. The lowest BCUT2D eigenvalue weighted by Gasteiger charge is -2.23. The Kier molecular flexibility index (Phi) is 7.79. The molecule has 1 atom stereocenters. The number of piperidine rings is 1. The van der Waals surface area contributed by atoms with Crippen molar-refractivity contribution in [1.29, 1.82) is 0 Å². The van der Waals surface area contributed by atoms with Crippen LogP contribution in [0.25, 0.3) is 10.8 Å². The Morgan fingerprint density at radius 2 is 1.69 bits per heavy atom. The molecule has 7 nitrogen and oxygen atoms in total. The highest BCUT2D eigenvalue weighted by molar-refractivity contribution is 7.88. The third-order valence-electron chi connectivity index (χ3n) is 5.82. The first kappa shape index (κ1) is 25.9. The topological polar surface area (TPSA) is 83.1 Å². The number of hydrogen-bond donors (Lipinski definition) is 1. The molecule has 0 radical (unpaired) electrons. The molecule has 1 aliphatic heterocycles. The number of halogens is 3. The van der Waals surface area contributed by atoms with Gasteiger partial charge in [-0.05, 0) is 79.7 Å². The Balaban J connectivity index is 1.55. The van der Waals surface area contributed by atoms with E-state index in [4.69, 9.17) is 14.2 Å². The third kappa shape index (κ3) is 6.14. The van der Waals surface area contributed by atoms with Gasteiger partial charge in [0.25, 0.3) is 0 Å². The molecule has 4 rings (SSSR count). The molecule has 3 aromatic rings. The largest absolute Gasteiger partial charge is 0.534 e. The molecule has 0 bridgehead atoms. The Labute approximate surface area is 207 Å². The van der Waals surface area contributed by atoms with Gasteiger partial charge in [-0.3, -0.25) is 0 Å². The van der Waals surface area contributed by atoms with Gasteiger partial charge in [-0.25, -0.2) is 0 Å². The van der Waals surface area contributed by atoms with Crippen LogP contribution >= 0.6 is 0 Å². The lowest BCUT2D eigenvalue weighted by molar-refractivity contribution is -0.0500. The fraction of sp³-hybridized carbons (Fsp3) is 0.360. The minimum absolute atomic E-state index is 0.181. The fourth-order valence-corrected chi connectivity index (χ4v) is 4.40. The lowest BCUT2D eigenvalue weighted by Crippen LogP contribution is -2.35. The van der Waals surface area contributed by atoms with Crippen molar-refractivity contribution >= 4 is 20.9 Å². The van der Waals surface area contributed by atoms with Crippen molar-refractivity contribution in [1.82, 2.24) is 5.32 Å². The Morgan fingerprint density at radius 3 is 2.36 bits per heavy atom. The van der Waals surface area contributed by atoms with Crippen LogP contribution in [0.5, 0.6) is 28.7 Å². The van der Waals surface area contributed by atoms with Gasteiger partial charge in [0.1, 0.15) is 17.2 Å². The minimum atomic E-state index is -5.90. The van der Waals surface area contributed by atoms with Crippen LogP contribution in [0.4, 0.5) is 13.2 Å². The summed E-state index contributed by atoms with van der Waals surface area (Å²) in [6, 6.07) is 14.2. The summed E-state index contributed by atoms with van der Waals surface area (Å²) in [5, 5.41) is 4.35. The smallest absolute Gasteiger partial charge is 0.497 e. The number of alkyl halides is 3. The summed E-state index contributed by atoms with van der Waals surface area (Å²) in [4.78, 5) is 0. The van der Waals surface area contributed by atoms with Crippen LogP contribution in [0.15, 0.2) is 54.6 Å². The molecule has 0 saturated carbocycles. The molecule has 36 heavy (non-hydrogen) atoms. The normalized spacial score (nSPS) is 16.5. The summed E-state index contributed by atoms with van der Waals surface area (Å²) in [5.74, 6) is 0.603. The molecule has 1 saturated heterocycles. The average Bonchev–Trinajstić information content (AvgIpc) is 2.86. The van der Waals surface area contributed by atoms with Gasteiger partial charge in [-0.2, -0.15) is 21.6 Å². The zero-order chi connectivity index (χ0) is 25.8. The summed E-state index contributed by atoms with van der Waals surface area (Å²) < 4.78 is 83.5. The second kappa shape index (κ2) is 10.8. The Hall–Kier alpha value is -3.18. The van der Waals surface area contributed by atoms with Gasteiger partial charge < -0.3 is 23.7 Å². The van der Waals surface area contributed by atoms with Crippen molar-refractivity contribution in [3.8, 4) is 28.7 Å². The van der Waals surface area contributed by atoms with Gasteiger partial charge in [-0.1, -0.05) is 12.5 Å². The summed E-state index contributed by atoms with van der Waals surface area (Å²) in [6.07, 6.45) is 4.41. The molecule has 1 heterocycles. The zero-order valence-electron chi connectivity index (χ0n) is 19.5. The predicted molar refractivity (Wildman–Crippen MR) is 128 cm³/mol. The van der Waals surface area contributed by atoms with E-state index in [0.29, 0.717) is 34.9 Å². The van der Waals surface area contributed by atoms with Crippen molar-refractivity contribution < 1.29 is 40.0 Å². The third-order valence-corrected chi connectivity index (χ3v) is 6.78. The summed E-state index contributed by atoms with van der Waals surface area (Å²) in [5.41, 5.74) is -5.59. The highest BCUT2D eigenvalue weighted by atomic mass is 32.2. The second-order valence-electron chi connectivity index (χ2n) is 8.32. The van der Waals surface area contributed by atoms with Crippen LogP contribution < -0.4 is 23.7 Å². The number of nitrogens with one attached hydrogen (secondary N) is 1. The van der Waals surface area contributed by atoms with E-state index in [0.717, 1.165) is 25.5 Å². The molecular formula is C25H26F3NO6S. The number of fused-ring (bicyclic) bond motifs is 1. The van der Waals surface area contributed by atoms with Crippen LogP contribution in [0.1, 0.15) is 25.7 Å². The SMILES string of the molecule is COc1ccc2c(Oc3ccc(OCCC4CCCCN4)cc3)c(OS(=O)(=O)C(F)(F)F)ccc2c1. The van der Waals surface area contributed by atoms with Crippen LogP contribution in [0.3, 0.4) is 0 Å². The summed E-state index contributed by atoms with van der Waals surface area (Å²) in [6.45, 7) is 1.56. The van der Waals surface area contributed by atoms with Crippen molar-refractivity contribution in [3.05, 3.63) is 54.6 Å². The minimum Gasteiger partial charge on any atom is -0.497 e. The van der Waals surface area contributed by atoms with Gasteiger partial charge >= 0.3 is 15.6 Å². The molecule has 0 aromatic heterocycles. The van der Waals surface area contributed by atoms with Gasteiger partial charge in [0.15, 0.2) is 11.5 Å². The van der Waals surface area contributed by atoms with Crippen LogP contribution in [0.2, 0.25) is 0 Å². The monoisotopic (exact) mass is 525 g/mol. The van der Waals surface area contributed by atoms with Crippen LogP contribution in [0, 0.1) is 0 Å². The summed E-state index contributed by atoms with van der Waals surface area (Å²) in [7, 11) is -4.43. The van der Waals surface area contributed by atoms with E-state index in [9.17, 15) is 21.6 Å². The van der Waals surface area contributed by atoms with Crippen molar-refractivity contribution in [3.63, 3.8) is 0 Å². The van der Waals surface area contributed by atoms with Gasteiger partial charge in [0, 0.05) is 11.4 Å². The zero-order valence-corrected chi connectivity index (χ0v) is 20.3. The standard InChI is InChI=1S/C25H26F3NO6S/c1-32-21-10-11-22-17(16-21)5-12-23(35-36(30,31)25(26,27)28)24(22)34-20-8-6-19(7-9-20)33-15-13-18-4-2-3-14-29-18/h5-12,16,18,29H,2-4,13-15H2,1H3. The fourth-order valence-electron chi connectivity index (χ4n) is 3.93. The number of benzene rings is 3. The first-order chi connectivity index (χ1) is 17.2. The lowest BCUT2D eigenvalue weighted by atomic mass is 10.0. The van der Waals surface area contributed by atoms with E-state index in [1.165, 1.54) is 26.0 Å². The van der Waals surface area contributed by atoms with E-state index < -0.39 is 21.4 Å². The van der Waals surface area contributed by atoms with E-state index >= 15 is 0 Å². The number of methoxy groups -OCH3 is 1. The van der Waals surface area contributed by atoms with E-state index in [1.54, 1.807) is 42.5 Å². The predicted octanol–water partition coefficient (Wildman–Crippen LogP) is 5.78. The highest BCUT2D eigenvalue weighted by Crippen LogP contribution is 2.42. The number of hydrogen-bond acceptors (Lipinski definition) is 7. The van der Waals surface area contributed by atoms with Gasteiger partial charge in [-0.15, -0.1) is 0 Å². The average molecular weight is 526 g/mol. The quantitative estimate of drug-likeness (QED) is 0.280. The number of rotatable bonds is 9. The molecule has 0 spiro atoms. The van der Waals surface area contributed by atoms with E-state index in [2.05, 4.69) is 9.50 Å². The van der Waals surface area contributed by atoms with E-state index in [-0.39, 0.29) is 11.5 Å². The molecule has 1 aliphatic rings. The molecule has 0 aliphatic carbocycles. The van der Waals surface area contributed by atoms with Gasteiger partial charge in [0.2, 0.25) is 0 Å². The van der Waals surface area contributed by atoms with Gasteiger partial charge in [0.05, 0.1) is 13.7 Å². The van der Waals surface area contributed by atoms with Crippen LogP contribution in [-0.4, -0.2) is 40.2 Å². The molecule has 11 heteroatoms. The maximum absolute atomic E-state index is 13.0. The molecule has 1 fully saturated rings. The second-order valence-corrected chi connectivity index (χ2v) is 9.86. The molecule has 3 aromatic carbocycles. The Bertz CT molecular complexity index is 1290. The highest BCUT2D eigenvalue weighted by Gasteiger charge is 2.49.